The van der Waals surface area contributed by atoms with Crippen LogP contribution in [-0.4, -0.2) is 7.11 Å². The molecule has 2 nitrogen and oxygen atoms in total. The van der Waals surface area contributed by atoms with Crippen molar-refractivity contribution < 1.29 is 4.74 Å². The van der Waals surface area contributed by atoms with E-state index in [4.69, 9.17) is 10.5 Å². The number of hydrogen-bond donors (Lipinski definition) is 1. The molecule has 0 aliphatic heterocycles. The fourth-order valence-corrected chi connectivity index (χ4v) is 3.25. The number of halogens is 1. The average molecular weight is 284 g/mol. The largest absolute Gasteiger partial charge is 0.495 e. The Morgan fingerprint density at radius 1 is 1.38 bits per heavy atom. The van der Waals surface area contributed by atoms with Crippen LogP contribution in [0.1, 0.15) is 42.5 Å². The van der Waals surface area contributed by atoms with Crippen molar-refractivity contribution in [3.05, 3.63) is 27.2 Å². The van der Waals surface area contributed by atoms with Gasteiger partial charge < -0.3 is 10.5 Å². The van der Waals surface area contributed by atoms with Gasteiger partial charge in [0, 0.05) is 11.6 Å². The van der Waals surface area contributed by atoms with Crippen LogP contribution in [0.25, 0.3) is 0 Å². The zero-order chi connectivity index (χ0) is 11.7. The van der Waals surface area contributed by atoms with Crippen LogP contribution < -0.4 is 10.5 Å². The van der Waals surface area contributed by atoms with E-state index in [-0.39, 0.29) is 6.04 Å². The first kappa shape index (κ1) is 11.9. The highest BCUT2D eigenvalue weighted by Gasteiger charge is 2.20. The van der Waals surface area contributed by atoms with E-state index in [2.05, 4.69) is 22.0 Å². The first-order valence-electron chi connectivity index (χ1n) is 5.79. The summed E-state index contributed by atoms with van der Waals surface area (Å²) in [5.41, 5.74) is 9.94. The fourth-order valence-electron chi connectivity index (χ4n) is 2.40. The standard InChI is InChI=1S/C13H18BrNO/c1-8(15)11-7-9-5-3-4-6-10(9)12(14)13(11)16-2/h7-8H,3-6,15H2,1-2H3. The van der Waals surface area contributed by atoms with Crippen molar-refractivity contribution in [1.29, 1.82) is 0 Å². The third kappa shape index (κ3) is 1.98. The van der Waals surface area contributed by atoms with Gasteiger partial charge in [0.05, 0.1) is 11.6 Å². The minimum atomic E-state index is 0.0125. The van der Waals surface area contributed by atoms with E-state index in [0.717, 1.165) is 28.6 Å². The summed E-state index contributed by atoms with van der Waals surface area (Å²) in [4.78, 5) is 0. The molecule has 0 radical (unpaired) electrons. The molecule has 0 fully saturated rings. The van der Waals surface area contributed by atoms with E-state index < -0.39 is 0 Å². The molecule has 16 heavy (non-hydrogen) atoms. The molecule has 2 N–H and O–H groups in total. The Bertz CT molecular complexity index is 401. The molecule has 3 heteroatoms. The van der Waals surface area contributed by atoms with E-state index >= 15 is 0 Å². The summed E-state index contributed by atoms with van der Waals surface area (Å²) < 4.78 is 6.59. The number of methoxy groups -OCH3 is 1. The summed E-state index contributed by atoms with van der Waals surface area (Å²) in [5, 5.41) is 0. The highest BCUT2D eigenvalue weighted by atomic mass is 79.9. The Balaban J connectivity index is 2.59. The number of hydrogen-bond acceptors (Lipinski definition) is 2. The van der Waals surface area contributed by atoms with Gasteiger partial charge in [-0.3, -0.25) is 0 Å². The predicted octanol–water partition coefficient (Wildman–Crippen LogP) is 3.36. The Kier molecular flexibility index (Phi) is 3.55. The first-order chi connectivity index (χ1) is 7.65. The molecule has 1 unspecified atom stereocenters. The van der Waals surface area contributed by atoms with Crippen LogP contribution >= 0.6 is 15.9 Å². The number of aryl methyl sites for hydroxylation is 1. The molecular weight excluding hydrogens is 266 g/mol. The van der Waals surface area contributed by atoms with Gasteiger partial charge in [-0.1, -0.05) is 6.07 Å². The molecule has 1 aliphatic carbocycles. The molecule has 1 aromatic carbocycles. The van der Waals surface area contributed by atoms with Gasteiger partial charge in [-0.05, 0) is 59.7 Å². The molecule has 1 atom stereocenters. The first-order valence-corrected chi connectivity index (χ1v) is 6.58. The van der Waals surface area contributed by atoms with Crippen LogP contribution in [0.5, 0.6) is 5.75 Å². The summed E-state index contributed by atoms with van der Waals surface area (Å²) >= 11 is 3.67. The maximum atomic E-state index is 5.99. The number of ether oxygens (including phenoxy) is 1. The maximum Gasteiger partial charge on any atom is 0.138 e. The van der Waals surface area contributed by atoms with E-state index in [1.54, 1.807) is 7.11 Å². The molecule has 2 rings (SSSR count). The summed E-state index contributed by atoms with van der Waals surface area (Å²) in [6.07, 6.45) is 4.86. The van der Waals surface area contributed by atoms with Crippen LogP contribution in [0.2, 0.25) is 0 Å². The lowest BCUT2D eigenvalue weighted by Crippen LogP contribution is -2.12. The van der Waals surface area contributed by atoms with E-state index in [1.807, 2.05) is 6.92 Å². The smallest absolute Gasteiger partial charge is 0.138 e. The van der Waals surface area contributed by atoms with Gasteiger partial charge in [0.1, 0.15) is 5.75 Å². The number of benzene rings is 1. The van der Waals surface area contributed by atoms with Crippen LogP contribution in [-0.2, 0) is 12.8 Å². The molecule has 1 aromatic rings. The van der Waals surface area contributed by atoms with Gasteiger partial charge in [0.2, 0.25) is 0 Å². The predicted molar refractivity (Wildman–Crippen MR) is 69.9 cm³/mol. The average Bonchev–Trinajstić information content (AvgIpc) is 2.29. The van der Waals surface area contributed by atoms with Gasteiger partial charge in [-0.25, -0.2) is 0 Å². The maximum absolute atomic E-state index is 5.99. The SMILES string of the molecule is COc1c(C(C)N)cc2c(c1Br)CCCC2. The minimum absolute atomic E-state index is 0.0125. The van der Waals surface area contributed by atoms with Crippen LogP contribution in [0.4, 0.5) is 0 Å². The van der Waals surface area contributed by atoms with Crippen molar-refractivity contribution in [3.63, 3.8) is 0 Å². The third-order valence-electron chi connectivity index (χ3n) is 3.26. The molecule has 0 saturated heterocycles. The molecule has 0 saturated carbocycles. The van der Waals surface area contributed by atoms with Crippen LogP contribution in [0.3, 0.4) is 0 Å². The molecule has 0 bridgehead atoms. The second-order valence-corrected chi connectivity index (χ2v) is 5.24. The number of rotatable bonds is 2. The highest BCUT2D eigenvalue weighted by molar-refractivity contribution is 9.10. The number of nitrogens with two attached hydrogens (primary N) is 1. The Hall–Kier alpha value is -0.540. The Morgan fingerprint density at radius 3 is 2.69 bits per heavy atom. The lowest BCUT2D eigenvalue weighted by molar-refractivity contribution is 0.402. The van der Waals surface area contributed by atoms with Crippen molar-refractivity contribution in [2.24, 2.45) is 5.73 Å². The van der Waals surface area contributed by atoms with Crippen LogP contribution in [0.15, 0.2) is 10.5 Å². The monoisotopic (exact) mass is 283 g/mol. The zero-order valence-electron chi connectivity index (χ0n) is 9.85. The Labute approximate surface area is 105 Å². The highest BCUT2D eigenvalue weighted by Crippen LogP contribution is 2.40. The van der Waals surface area contributed by atoms with Gasteiger partial charge in [0.25, 0.3) is 0 Å². The second-order valence-electron chi connectivity index (χ2n) is 4.45. The van der Waals surface area contributed by atoms with Gasteiger partial charge in [-0.2, -0.15) is 0 Å². The number of fused-ring (bicyclic) bond motifs is 1. The van der Waals surface area contributed by atoms with Crippen molar-refractivity contribution in [3.8, 4) is 5.75 Å². The third-order valence-corrected chi connectivity index (χ3v) is 4.10. The minimum Gasteiger partial charge on any atom is -0.495 e. The molecule has 0 spiro atoms. The lowest BCUT2D eigenvalue weighted by Gasteiger charge is -2.23. The van der Waals surface area contributed by atoms with E-state index in [9.17, 15) is 0 Å². The quantitative estimate of drug-likeness (QED) is 0.903. The summed E-state index contributed by atoms with van der Waals surface area (Å²) in [5.74, 6) is 0.913. The van der Waals surface area contributed by atoms with E-state index in [0.29, 0.717) is 0 Å². The summed E-state index contributed by atoms with van der Waals surface area (Å²) in [6, 6.07) is 2.24. The molecule has 0 amide bonds. The van der Waals surface area contributed by atoms with Crippen molar-refractivity contribution in [2.75, 3.05) is 7.11 Å². The topological polar surface area (TPSA) is 35.2 Å². The summed E-state index contributed by atoms with van der Waals surface area (Å²) in [7, 11) is 1.71. The lowest BCUT2D eigenvalue weighted by atomic mass is 9.89. The van der Waals surface area contributed by atoms with Crippen LogP contribution in [0, 0.1) is 0 Å². The zero-order valence-corrected chi connectivity index (χ0v) is 11.4. The van der Waals surface area contributed by atoms with Crippen molar-refractivity contribution in [1.82, 2.24) is 0 Å². The second kappa shape index (κ2) is 4.76. The van der Waals surface area contributed by atoms with E-state index in [1.165, 1.54) is 24.0 Å². The molecule has 1 aliphatic rings. The van der Waals surface area contributed by atoms with Crippen molar-refractivity contribution in [2.45, 2.75) is 38.6 Å². The normalized spacial score (nSPS) is 16.8. The molecular formula is C13H18BrNO. The summed E-state index contributed by atoms with van der Waals surface area (Å²) in [6.45, 7) is 2.00. The molecule has 0 heterocycles. The molecule has 88 valence electrons. The van der Waals surface area contributed by atoms with Gasteiger partial charge in [0.15, 0.2) is 0 Å². The van der Waals surface area contributed by atoms with Crippen molar-refractivity contribution >= 4 is 15.9 Å². The Morgan fingerprint density at radius 2 is 2.06 bits per heavy atom. The van der Waals surface area contributed by atoms with Gasteiger partial charge >= 0.3 is 0 Å². The fraction of sp³-hybridized carbons (Fsp3) is 0.538. The molecule has 0 aromatic heterocycles. The van der Waals surface area contributed by atoms with Gasteiger partial charge in [-0.15, -0.1) is 0 Å².